The first kappa shape index (κ1) is 19.9. The lowest BCUT2D eigenvalue weighted by molar-refractivity contribution is -0.347. The van der Waals surface area contributed by atoms with Gasteiger partial charge in [-0.3, -0.25) is 0 Å². The van der Waals surface area contributed by atoms with Crippen molar-refractivity contribution in [2.24, 2.45) is 5.41 Å². The number of hydrogen-bond acceptors (Lipinski definition) is 2. The van der Waals surface area contributed by atoms with Gasteiger partial charge in [0.1, 0.15) is 6.29 Å². The summed E-state index contributed by atoms with van der Waals surface area (Å²) in [7, 11) is 0. The third-order valence-electron chi connectivity index (χ3n) is 3.07. The van der Waals surface area contributed by atoms with Crippen LogP contribution >= 0.6 is 0 Å². The average Bonchev–Trinajstić information content (AvgIpc) is 2.25. The summed E-state index contributed by atoms with van der Waals surface area (Å²) in [6.45, 7) is 3.31. The molecule has 0 fully saturated rings. The molecule has 0 bridgehead atoms. The highest BCUT2D eigenvalue weighted by Gasteiger charge is 2.68. The fourth-order valence-corrected chi connectivity index (χ4v) is 1.66. The molecule has 0 rings (SSSR count). The second-order valence-corrected chi connectivity index (χ2v) is 5.59. The van der Waals surface area contributed by atoms with Gasteiger partial charge in [0.25, 0.3) is 5.60 Å². The summed E-state index contributed by atoms with van der Waals surface area (Å²) in [4.78, 5) is 10.2. The molecular formula is C13H18F6O2. The van der Waals surface area contributed by atoms with Crippen LogP contribution in [0.1, 0.15) is 39.5 Å². The molecule has 124 valence electrons. The topological polar surface area (TPSA) is 37.3 Å². The molecule has 0 aliphatic rings. The monoisotopic (exact) mass is 320 g/mol. The van der Waals surface area contributed by atoms with Crippen LogP contribution in [0.15, 0.2) is 12.2 Å². The third-order valence-corrected chi connectivity index (χ3v) is 3.07. The van der Waals surface area contributed by atoms with Crippen molar-refractivity contribution in [3.8, 4) is 0 Å². The maximum atomic E-state index is 12.4. The highest BCUT2D eigenvalue weighted by Crippen LogP contribution is 2.44. The van der Waals surface area contributed by atoms with Gasteiger partial charge in [0.05, 0.1) is 0 Å². The molecule has 0 aromatic rings. The van der Waals surface area contributed by atoms with E-state index in [1.165, 1.54) is 0 Å². The molecular weight excluding hydrogens is 302 g/mol. The Morgan fingerprint density at radius 2 is 1.48 bits per heavy atom. The van der Waals surface area contributed by atoms with E-state index in [-0.39, 0.29) is 18.9 Å². The molecule has 1 N–H and O–H groups in total. The number of aliphatic hydroxyl groups is 1. The molecule has 0 spiro atoms. The zero-order valence-electron chi connectivity index (χ0n) is 11.7. The molecule has 0 saturated carbocycles. The van der Waals surface area contributed by atoms with Crippen molar-refractivity contribution in [2.45, 2.75) is 57.5 Å². The van der Waals surface area contributed by atoms with E-state index < -0.39 is 23.4 Å². The Bertz CT molecular complexity index is 354. The van der Waals surface area contributed by atoms with Gasteiger partial charge in [-0.1, -0.05) is 19.9 Å². The fraction of sp³-hybridized carbons (Fsp3) is 0.769. The minimum absolute atomic E-state index is 0.0830. The summed E-state index contributed by atoms with van der Waals surface area (Å²) >= 11 is 0. The summed E-state index contributed by atoms with van der Waals surface area (Å²) in [5.41, 5.74) is -5.42. The largest absolute Gasteiger partial charge is 0.429 e. The van der Waals surface area contributed by atoms with Crippen molar-refractivity contribution in [1.29, 1.82) is 0 Å². The smallest absolute Gasteiger partial charge is 0.370 e. The first-order chi connectivity index (χ1) is 9.27. The van der Waals surface area contributed by atoms with Crippen LogP contribution in [0.4, 0.5) is 26.3 Å². The van der Waals surface area contributed by atoms with Crippen LogP contribution in [0, 0.1) is 5.41 Å². The molecule has 0 aromatic heterocycles. The SMILES string of the molecule is CC(C)(C/C=C\C(O)(C(F)(F)F)C(F)(F)F)CCCC=O. The van der Waals surface area contributed by atoms with Crippen LogP contribution in [0.2, 0.25) is 0 Å². The molecule has 0 saturated heterocycles. The normalized spacial score (nSPS) is 14.7. The van der Waals surface area contributed by atoms with Crippen LogP contribution in [-0.2, 0) is 4.79 Å². The molecule has 0 aromatic carbocycles. The summed E-state index contributed by atoms with van der Waals surface area (Å²) in [5, 5.41) is 8.91. The van der Waals surface area contributed by atoms with Gasteiger partial charge < -0.3 is 9.90 Å². The van der Waals surface area contributed by atoms with E-state index in [1.54, 1.807) is 13.8 Å². The van der Waals surface area contributed by atoms with Crippen molar-refractivity contribution >= 4 is 6.29 Å². The molecule has 0 aliphatic carbocycles. The molecule has 0 atom stereocenters. The number of rotatable bonds is 7. The number of allylic oxidation sites excluding steroid dienone is 1. The molecule has 0 heterocycles. The van der Waals surface area contributed by atoms with Crippen molar-refractivity contribution in [1.82, 2.24) is 0 Å². The minimum Gasteiger partial charge on any atom is -0.370 e. The van der Waals surface area contributed by atoms with Crippen molar-refractivity contribution in [3.05, 3.63) is 12.2 Å². The number of aldehydes is 1. The Balaban J connectivity index is 4.93. The van der Waals surface area contributed by atoms with Crippen LogP contribution in [0.3, 0.4) is 0 Å². The zero-order valence-corrected chi connectivity index (χ0v) is 11.7. The van der Waals surface area contributed by atoms with Crippen molar-refractivity contribution < 1.29 is 36.2 Å². The zero-order chi connectivity index (χ0) is 16.9. The van der Waals surface area contributed by atoms with E-state index >= 15 is 0 Å². The number of carbonyl (C=O) groups is 1. The summed E-state index contributed by atoms with van der Waals surface area (Å²) in [6, 6.07) is 0. The lowest BCUT2D eigenvalue weighted by atomic mass is 9.83. The minimum atomic E-state index is -5.84. The average molecular weight is 320 g/mol. The summed E-state index contributed by atoms with van der Waals surface area (Å²) in [6.07, 6.45) is -9.41. The summed E-state index contributed by atoms with van der Waals surface area (Å²) in [5.74, 6) is 0. The molecule has 0 radical (unpaired) electrons. The maximum Gasteiger partial charge on any atom is 0.429 e. The highest BCUT2D eigenvalue weighted by molar-refractivity contribution is 5.48. The van der Waals surface area contributed by atoms with Gasteiger partial charge in [0.2, 0.25) is 0 Å². The van der Waals surface area contributed by atoms with E-state index in [0.29, 0.717) is 25.2 Å². The van der Waals surface area contributed by atoms with E-state index in [0.717, 1.165) is 0 Å². The van der Waals surface area contributed by atoms with E-state index in [4.69, 9.17) is 5.11 Å². The Morgan fingerprint density at radius 1 is 1.00 bits per heavy atom. The number of hydrogen-bond donors (Lipinski definition) is 1. The molecule has 0 aliphatic heterocycles. The van der Waals surface area contributed by atoms with Gasteiger partial charge >= 0.3 is 12.4 Å². The standard InChI is InChI=1S/C13H18F6O2/c1-10(2,6-3-4-9-20)7-5-8-11(21,12(14,15)16)13(17,18)19/h5,8-9,21H,3-4,6-7H2,1-2H3/b8-5-. The quantitative estimate of drug-likeness (QED) is 0.331. The molecule has 0 unspecified atom stereocenters. The third kappa shape index (κ3) is 5.68. The summed E-state index contributed by atoms with van der Waals surface area (Å²) < 4.78 is 74.5. The Labute approximate surface area is 118 Å². The van der Waals surface area contributed by atoms with Gasteiger partial charge in [0.15, 0.2) is 0 Å². The van der Waals surface area contributed by atoms with Crippen molar-refractivity contribution in [2.75, 3.05) is 0 Å². The van der Waals surface area contributed by atoms with Gasteiger partial charge in [0, 0.05) is 6.42 Å². The van der Waals surface area contributed by atoms with Crippen LogP contribution < -0.4 is 0 Å². The number of halogens is 6. The lowest BCUT2D eigenvalue weighted by Gasteiger charge is -2.30. The van der Waals surface area contributed by atoms with Gasteiger partial charge in [-0.2, -0.15) is 26.3 Å². The van der Waals surface area contributed by atoms with E-state index in [1.807, 2.05) is 0 Å². The maximum absolute atomic E-state index is 12.4. The van der Waals surface area contributed by atoms with Crippen LogP contribution in [-0.4, -0.2) is 29.3 Å². The molecule has 2 nitrogen and oxygen atoms in total. The molecule has 21 heavy (non-hydrogen) atoms. The molecule has 8 heteroatoms. The van der Waals surface area contributed by atoms with E-state index in [2.05, 4.69) is 0 Å². The lowest BCUT2D eigenvalue weighted by Crippen LogP contribution is -2.55. The van der Waals surface area contributed by atoms with Gasteiger partial charge in [-0.25, -0.2) is 0 Å². The van der Waals surface area contributed by atoms with Crippen LogP contribution in [0.5, 0.6) is 0 Å². The Kier molecular flexibility index (Phi) is 6.47. The Hall–Kier alpha value is -1.05. The predicted octanol–water partition coefficient (Wildman–Crippen LogP) is 4.18. The number of unbranched alkanes of at least 4 members (excludes halogenated alkanes) is 1. The first-order valence-electron chi connectivity index (χ1n) is 6.24. The van der Waals surface area contributed by atoms with Gasteiger partial charge in [-0.15, -0.1) is 0 Å². The second kappa shape index (κ2) is 6.81. The molecule has 0 amide bonds. The fourth-order valence-electron chi connectivity index (χ4n) is 1.66. The first-order valence-corrected chi connectivity index (χ1v) is 6.24. The van der Waals surface area contributed by atoms with Crippen LogP contribution in [0.25, 0.3) is 0 Å². The highest BCUT2D eigenvalue weighted by atomic mass is 19.4. The van der Waals surface area contributed by atoms with Crippen molar-refractivity contribution in [3.63, 3.8) is 0 Å². The second-order valence-electron chi connectivity index (χ2n) is 5.59. The Morgan fingerprint density at radius 3 is 1.86 bits per heavy atom. The van der Waals surface area contributed by atoms with E-state index in [9.17, 15) is 31.1 Å². The van der Waals surface area contributed by atoms with Gasteiger partial charge in [-0.05, 0) is 30.8 Å². The number of carbonyl (C=O) groups excluding carboxylic acids is 1. The predicted molar refractivity (Wildman–Crippen MR) is 64.5 cm³/mol. The number of alkyl halides is 6.